The van der Waals surface area contributed by atoms with E-state index in [1.54, 1.807) is 6.33 Å². The van der Waals surface area contributed by atoms with E-state index in [2.05, 4.69) is 20.8 Å². The topological polar surface area (TPSA) is 41.9 Å². The molecular weight excluding hydrogens is 308 g/mol. The number of hydrogen-bond donors (Lipinski definition) is 0. The number of anilines is 1. The van der Waals surface area contributed by atoms with Gasteiger partial charge in [0.25, 0.3) is 0 Å². The highest BCUT2D eigenvalue weighted by Gasteiger charge is 2.27. The van der Waals surface area contributed by atoms with E-state index in [4.69, 9.17) is 23.0 Å². The molecule has 3 aromatic rings. The molecule has 0 aliphatic carbocycles. The van der Waals surface area contributed by atoms with E-state index < -0.39 is 0 Å². The predicted molar refractivity (Wildman–Crippen MR) is 92.6 cm³/mol. The van der Waals surface area contributed by atoms with Crippen LogP contribution < -0.4 is 4.90 Å². The van der Waals surface area contributed by atoms with Gasteiger partial charge in [0.2, 0.25) is 0 Å². The minimum atomic E-state index is 0.176. The lowest BCUT2D eigenvalue weighted by Crippen LogP contribution is -2.48. The van der Waals surface area contributed by atoms with Crippen LogP contribution in [0.25, 0.3) is 22.3 Å². The molecule has 1 fully saturated rings. The Morgan fingerprint density at radius 3 is 2.83 bits per heavy atom. The zero-order chi connectivity index (χ0) is 15.8. The molecule has 0 saturated carbocycles. The maximum absolute atomic E-state index is 6.08. The molecule has 112 valence electrons. The number of terminal acetylenes is 1. The Balaban J connectivity index is 1.83. The molecule has 0 N–H and O–H groups in total. The van der Waals surface area contributed by atoms with Crippen molar-refractivity contribution in [1.29, 1.82) is 0 Å². The predicted octanol–water partition coefficient (Wildman–Crippen LogP) is 3.10. The summed E-state index contributed by atoms with van der Waals surface area (Å²) < 4.78 is 0. The van der Waals surface area contributed by atoms with Gasteiger partial charge >= 0.3 is 0 Å². The summed E-state index contributed by atoms with van der Waals surface area (Å²) in [7, 11) is 0. The van der Waals surface area contributed by atoms with E-state index in [1.165, 1.54) is 0 Å². The molecule has 1 aromatic carbocycles. The smallest absolute Gasteiger partial charge is 0.158 e. The Kier molecular flexibility index (Phi) is 3.36. The van der Waals surface area contributed by atoms with Gasteiger partial charge in [-0.25, -0.2) is 15.0 Å². The highest BCUT2D eigenvalue weighted by molar-refractivity contribution is 6.22. The summed E-state index contributed by atoms with van der Waals surface area (Å²) in [6.07, 6.45) is 7.05. The van der Waals surface area contributed by atoms with Crippen LogP contribution in [0, 0.1) is 12.3 Å². The van der Waals surface area contributed by atoms with Gasteiger partial charge in [0.15, 0.2) is 5.82 Å². The summed E-state index contributed by atoms with van der Waals surface area (Å²) in [6.45, 7) is 1.57. The van der Waals surface area contributed by atoms with Gasteiger partial charge in [-0.05, 0) is 24.3 Å². The van der Waals surface area contributed by atoms with E-state index in [0.717, 1.165) is 46.8 Å². The molecule has 4 nitrogen and oxygen atoms in total. The molecule has 5 heteroatoms. The lowest BCUT2D eigenvalue weighted by Gasteiger charge is -2.36. The van der Waals surface area contributed by atoms with E-state index in [1.807, 2.05) is 36.4 Å². The third-order valence-electron chi connectivity index (χ3n) is 3.92. The Labute approximate surface area is 139 Å². The van der Waals surface area contributed by atoms with Crippen molar-refractivity contribution in [3.63, 3.8) is 0 Å². The van der Waals surface area contributed by atoms with Crippen LogP contribution in [0.4, 0.5) is 5.82 Å². The van der Waals surface area contributed by atoms with Crippen molar-refractivity contribution in [2.75, 3.05) is 18.0 Å². The first-order valence-electron chi connectivity index (χ1n) is 7.32. The number of rotatable bonds is 2. The van der Waals surface area contributed by atoms with Gasteiger partial charge in [-0.1, -0.05) is 18.1 Å². The fourth-order valence-electron chi connectivity index (χ4n) is 2.69. The molecule has 23 heavy (non-hydrogen) atoms. The molecule has 1 saturated heterocycles. The second-order valence-electron chi connectivity index (χ2n) is 5.49. The molecule has 0 atom stereocenters. The molecular formula is C18H13ClN4. The highest BCUT2D eigenvalue weighted by Crippen LogP contribution is 2.29. The Bertz CT molecular complexity index is 926. The van der Waals surface area contributed by atoms with Crippen LogP contribution >= 0.6 is 11.6 Å². The summed E-state index contributed by atoms with van der Waals surface area (Å²) in [6, 6.07) is 11.7. The number of benzene rings is 1. The lowest BCUT2D eigenvalue weighted by atomic mass is 10.1. The summed E-state index contributed by atoms with van der Waals surface area (Å²) in [5, 5.41) is 0.176. The van der Waals surface area contributed by atoms with Gasteiger partial charge in [-0.2, -0.15) is 0 Å². The van der Waals surface area contributed by atoms with Crippen molar-refractivity contribution >= 4 is 28.5 Å². The molecule has 4 rings (SSSR count). The fourth-order valence-corrected chi connectivity index (χ4v) is 3.02. The molecule has 0 radical (unpaired) electrons. The van der Waals surface area contributed by atoms with Crippen LogP contribution in [-0.4, -0.2) is 33.4 Å². The largest absolute Gasteiger partial charge is 0.352 e. The maximum atomic E-state index is 6.08. The van der Waals surface area contributed by atoms with Crippen molar-refractivity contribution in [1.82, 2.24) is 15.0 Å². The van der Waals surface area contributed by atoms with Gasteiger partial charge in [0, 0.05) is 24.2 Å². The number of aromatic nitrogens is 3. The van der Waals surface area contributed by atoms with Crippen LogP contribution in [0.3, 0.4) is 0 Å². The lowest BCUT2D eigenvalue weighted by molar-refractivity contribution is 0.620. The Morgan fingerprint density at radius 1 is 1.17 bits per heavy atom. The van der Waals surface area contributed by atoms with E-state index in [-0.39, 0.29) is 5.38 Å². The molecule has 0 unspecified atom stereocenters. The average molecular weight is 321 g/mol. The van der Waals surface area contributed by atoms with Crippen LogP contribution in [0.2, 0.25) is 0 Å². The van der Waals surface area contributed by atoms with E-state index in [9.17, 15) is 0 Å². The number of nitrogens with zero attached hydrogens (tertiary/aromatic N) is 4. The van der Waals surface area contributed by atoms with Gasteiger partial charge < -0.3 is 4.90 Å². The van der Waals surface area contributed by atoms with Crippen molar-refractivity contribution in [3.8, 4) is 23.6 Å². The summed E-state index contributed by atoms with van der Waals surface area (Å²) in [4.78, 5) is 15.6. The number of alkyl halides is 1. The first-order chi connectivity index (χ1) is 11.2. The summed E-state index contributed by atoms with van der Waals surface area (Å²) in [5.74, 6) is 3.49. The second kappa shape index (κ2) is 5.53. The number of pyridine rings is 1. The fraction of sp³-hybridized carbons (Fsp3) is 0.167. The minimum Gasteiger partial charge on any atom is -0.352 e. The molecule has 1 aliphatic rings. The minimum absolute atomic E-state index is 0.176. The zero-order valence-electron chi connectivity index (χ0n) is 12.3. The van der Waals surface area contributed by atoms with E-state index >= 15 is 0 Å². The van der Waals surface area contributed by atoms with Crippen LogP contribution in [-0.2, 0) is 0 Å². The number of hydrogen-bond acceptors (Lipinski definition) is 4. The standard InChI is InChI=1S/C18H13ClN4/c1-2-12-4-3-5-13(8-12)15-6-7-16-17(22-15)18(21-11-20-16)23-9-14(19)10-23/h1,3-8,11,14H,9-10H2. The van der Waals surface area contributed by atoms with Gasteiger partial charge in [-0.15, -0.1) is 18.0 Å². The highest BCUT2D eigenvalue weighted by atomic mass is 35.5. The molecule has 0 bridgehead atoms. The first-order valence-corrected chi connectivity index (χ1v) is 7.76. The summed E-state index contributed by atoms with van der Waals surface area (Å²) in [5.41, 5.74) is 4.29. The summed E-state index contributed by atoms with van der Waals surface area (Å²) >= 11 is 6.08. The molecule has 1 aliphatic heterocycles. The Morgan fingerprint density at radius 2 is 2.04 bits per heavy atom. The van der Waals surface area contributed by atoms with Crippen molar-refractivity contribution in [2.45, 2.75) is 5.38 Å². The first kappa shape index (κ1) is 14.0. The Hall–Kier alpha value is -2.64. The monoisotopic (exact) mass is 320 g/mol. The molecule has 3 heterocycles. The van der Waals surface area contributed by atoms with E-state index in [0.29, 0.717) is 0 Å². The van der Waals surface area contributed by atoms with Crippen molar-refractivity contribution < 1.29 is 0 Å². The molecule has 0 amide bonds. The third-order valence-corrected chi connectivity index (χ3v) is 4.20. The van der Waals surface area contributed by atoms with Gasteiger partial charge in [-0.3, -0.25) is 0 Å². The van der Waals surface area contributed by atoms with Gasteiger partial charge in [0.1, 0.15) is 11.8 Å². The zero-order valence-corrected chi connectivity index (χ0v) is 13.0. The van der Waals surface area contributed by atoms with Crippen LogP contribution in [0.5, 0.6) is 0 Å². The number of fused-ring (bicyclic) bond motifs is 1. The normalized spacial score (nSPS) is 14.5. The quantitative estimate of drug-likeness (QED) is 0.537. The molecule has 0 spiro atoms. The van der Waals surface area contributed by atoms with Gasteiger partial charge in [0.05, 0.1) is 16.6 Å². The second-order valence-corrected chi connectivity index (χ2v) is 6.11. The SMILES string of the molecule is C#Cc1cccc(-c2ccc3ncnc(N4CC(Cl)C4)c3n2)c1. The maximum Gasteiger partial charge on any atom is 0.158 e. The van der Waals surface area contributed by atoms with Crippen LogP contribution in [0.15, 0.2) is 42.7 Å². The van der Waals surface area contributed by atoms with Crippen molar-refractivity contribution in [3.05, 3.63) is 48.3 Å². The third kappa shape index (κ3) is 2.49. The molecule has 2 aromatic heterocycles. The average Bonchev–Trinajstić information content (AvgIpc) is 2.58. The number of halogens is 1. The van der Waals surface area contributed by atoms with Crippen molar-refractivity contribution in [2.24, 2.45) is 0 Å². The van der Waals surface area contributed by atoms with Crippen LogP contribution in [0.1, 0.15) is 5.56 Å².